The number of aromatic hydroxyl groups is 4. The van der Waals surface area contributed by atoms with E-state index in [-0.39, 0.29) is 46.1 Å². The van der Waals surface area contributed by atoms with Crippen LogP contribution in [0.15, 0.2) is 76.2 Å². The number of aromatic nitrogens is 3. The molecule has 34 heavy (non-hydrogen) atoms. The second-order valence-electron chi connectivity index (χ2n) is 7.38. The Kier molecular flexibility index (Phi) is 5.02. The highest BCUT2D eigenvalue weighted by Crippen LogP contribution is 2.41. The summed E-state index contributed by atoms with van der Waals surface area (Å²) in [5.74, 6) is -2.05. The average molecular weight is 459 g/mol. The Labute approximate surface area is 191 Å². The summed E-state index contributed by atoms with van der Waals surface area (Å²) in [5, 5.41) is 48.2. The third-order valence-corrected chi connectivity index (χ3v) is 5.18. The molecule has 0 aliphatic rings. The third-order valence-electron chi connectivity index (χ3n) is 5.18. The molecular weight excluding hydrogens is 442 g/mol. The van der Waals surface area contributed by atoms with Gasteiger partial charge in [-0.1, -0.05) is 35.5 Å². The molecular formula is C24H17N3O7. The first-order chi connectivity index (χ1) is 16.4. The maximum Gasteiger partial charge on any atom is 0.239 e. The van der Waals surface area contributed by atoms with E-state index in [9.17, 15) is 25.2 Å². The molecule has 0 radical (unpaired) electrons. The van der Waals surface area contributed by atoms with Crippen LogP contribution in [0.5, 0.6) is 28.7 Å². The zero-order valence-corrected chi connectivity index (χ0v) is 17.4. The van der Waals surface area contributed by atoms with Crippen molar-refractivity contribution >= 4 is 11.0 Å². The van der Waals surface area contributed by atoms with E-state index in [2.05, 4.69) is 10.3 Å². The minimum absolute atomic E-state index is 0.0168. The van der Waals surface area contributed by atoms with Crippen LogP contribution in [0.4, 0.5) is 0 Å². The molecule has 10 heteroatoms. The van der Waals surface area contributed by atoms with E-state index in [1.54, 1.807) is 0 Å². The molecule has 0 aliphatic carbocycles. The van der Waals surface area contributed by atoms with Gasteiger partial charge in [-0.15, -0.1) is 5.10 Å². The number of nitrogens with zero attached hydrogens (tertiary/aromatic N) is 3. The second kappa shape index (κ2) is 8.17. The molecule has 10 nitrogen and oxygen atoms in total. The van der Waals surface area contributed by atoms with Gasteiger partial charge < -0.3 is 29.6 Å². The van der Waals surface area contributed by atoms with Crippen LogP contribution in [0, 0.1) is 0 Å². The first-order valence-corrected chi connectivity index (χ1v) is 10.1. The van der Waals surface area contributed by atoms with Gasteiger partial charge in [0.25, 0.3) is 0 Å². The molecule has 0 bridgehead atoms. The fourth-order valence-electron chi connectivity index (χ4n) is 3.56. The number of ether oxygens (including phenoxy) is 1. The molecule has 0 saturated carbocycles. The predicted molar refractivity (Wildman–Crippen MR) is 120 cm³/mol. The predicted octanol–water partition coefficient (Wildman–Crippen LogP) is 3.44. The maximum absolute atomic E-state index is 13.6. The molecule has 4 N–H and O–H groups in total. The molecule has 0 atom stereocenters. The van der Waals surface area contributed by atoms with Crippen molar-refractivity contribution in [3.05, 3.63) is 82.8 Å². The highest BCUT2D eigenvalue weighted by molar-refractivity contribution is 5.92. The van der Waals surface area contributed by atoms with Gasteiger partial charge >= 0.3 is 0 Å². The molecule has 2 aromatic heterocycles. The molecule has 5 rings (SSSR count). The van der Waals surface area contributed by atoms with Crippen molar-refractivity contribution in [2.24, 2.45) is 0 Å². The summed E-state index contributed by atoms with van der Waals surface area (Å²) < 4.78 is 12.8. The molecule has 0 aliphatic heterocycles. The highest BCUT2D eigenvalue weighted by atomic mass is 16.5. The largest absolute Gasteiger partial charge is 0.505 e. The van der Waals surface area contributed by atoms with Crippen LogP contribution in [0.2, 0.25) is 0 Å². The lowest BCUT2D eigenvalue weighted by molar-refractivity contribution is 0.297. The molecule has 0 unspecified atom stereocenters. The van der Waals surface area contributed by atoms with Gasteiger partial charge in [0.2, 0.25) is 11.2 Å². The van der Waals surface area contributed by atoms with Gasteiger partial charge in [-0.25, -0.2) is 4.68 Å². The van der Waals surface area contributed by atoms with Crippen molar-refractivity contribution in [1.29, 1.82) is 0 Å². The Morgan fingerprint density at radius 3 is 2.44 bits per heavy atom. The van der Waals surface area contributed by atoms with Crippen LogP contribution in [-0.4, -0.2) is 35.4 Å². The third kappa shape index (κ3) is 3.52. The van der Waals surface area contributed by atoms with E-state index in [1.165, 1.54) is 30.6 Å². The van der Waals surface area contributed by atoms with E-state index in [0.29, 0.717) is 0 Å². The smallest absolute Gasteiger partial charge is 0.239 e. The van der Waals surface area contributed by atoms with Crippen LogP contribution in [-0.2, 0) is 6.61 Å². The SMILES string of the molecule is O=c1c(OCc2ccccc2)c(-c2ccc(O)c(O)c2)oc2cc(O)c(-n3ccnn3)c(O)c12. The van der Waals surface area contributed by atoms with Gasteiger partial charge in [-0.2, -0.15) is 0 Å². The van der Waals surface area contributed by atoms with Crippen LogP contribution >= 0.6 is 0 Å². The maximum atomic E-state index is 13.6. The number of hydrogen-bond donors (Lipinski definition) is 4. The molecule has 2 heterocycles. The van der Waals surface area contributed by atoms with E-state index >= 15 is 0 Å². The monoisotopic (exact) mass is 459 g/mol. The van der Waals surface area contributed by atoms with Crippen molar-refractivity contribution in [2.45, 2.75) is 6.61 Å². The summed E-state index contributed by atoms with van der Waals surface area (Å²) in [7, 11) is 0. The molecule has 0 fully saturated rings. The number of phenolic OH excluding ortho intramolecular Hbond substituents is 4. The zero-order valence-electron chi connectivity index (χ0n) is 17.4. The Bertz CT molecular complexity index is 1560. The molecule has 0 spiro atoms. The minimum Gasteiger partial charge on any atom is -0.505 e. The fraction of sp³-hybridized carbons (Fsp3) is 0.0417. The van der Waals surface area contributed by atoms with Gasteiger partial charge in [0.05, 0.1) is 12.4 Å². The first kappa shape index (κ1) is 20.9. The quantitative estimate of drug-likeness (QED) is 0.290. The molecule has 170 valence electrons. The number of rotatable bonds is 5. The van der Waals surface area contributed by atoms with Gasteiger partial charge in [-0.3, -0.25) is 4.79 Å². The summed E-state index contributed by atoms with van der Waals surface area (Å²) in [6.45, 7) is 0.0168. The van der Waals surface area contributed by atoms with Gasteiger partial charge in [0.1, 0.15) is 23.3 Å². The summed E-state index contributed by atoms with van der Waals surface area (Å²) >= 11 is 0. The lowest BCUT2D eigenvalue weighted by Crippen LogP contribution is -2.11. The van der Waals surface area contributed by atoms with Crippen molar-refractivity contribution in [1.82, 2.24) is 15.0 Å². The Morgan fingerprint density at radius 1 is 0.941 bits per heavy atom. The normalized spacial score (nSPS) is 11.1. The topological polar surface area (TPSA) is 151 Å². The number of hydrogen-bond acceptors (Lipinski definition) is 9. The van der Waals surface area contributed by atoms with Gasteiger partial charge in [0.15, 0.2) is 28.7 Å². The Morgan fingerprint density at radius 2 is 1.74 bits per heavy atom. The van der Waals surface area contributed by atoms with Crippen molar-refractivity contribution in [3.63, 3.8) is 0 Å². The lowest BCUT2D eigenvalue weighted by atomic mass is 10.1. The van der Waals surface area contributed by atoms with Crippen molar-refractivity contribution < 1.29 is 29.6 Å². The van der Waals surface area contributed by atoms with Crippen LogP contribution in [0.25, 0.3) is 28.0 Å². The highest BCUT2D eigenvalue weighted by Gasteiger charge is 2.25. The number of fused-ring (bicyclic) bond motifs is 1. The Balaban J connectivity index is 1.76. The van der Waals surface area contributed by atoms with Crippen LogP contribution in [0.3, 0.4) is 0 Å². The van der Waals surface area contributed by atoms with Crippen molar-refractivity contribution in [2.75, 3.05) is 0 Å². The van der Waals surface area contributed by atoms with E-state index in [1.807, 2.05) is 30.3 Å². The molecule has 0 saturated heterocycles. The fourth-order valence-corrected chi connectivity index (χ4v) is 3.56. The zero-order chi connectivity index (χ0) is 23.8. The minimum atomic E-state index is -0.710. The average Bonchev–Trinajstić information content (AvgIpc) is 3.35. The summed E-state index contributed by atoms with van der Waals surface area (Å²) in [5.41, 5.74) is 0.0230. The van der Waals surface area contributed by atoms with Gasteiger partial charge in [0, 0.05) is 11.6 Å². The van der Waals surface area contributed by atoms with E-state index < -0.39 is 22.7 Å². The molecule has 0 amide bonds. The van der Waals surface area contributed by atoms with E-state index in [0.717, 1.165) is 16.3 Å². The molecule has 3 aromatic carbocycles. The summed E-state index contributed by atoms with van der Waals surface area (Å²) in [4.78, 5) is 13.6. The van der Waals surface area contributed by atoms with Gasteiger partial charge in [-0.05, 0) is 23.8 Å². The lowest BCUT2D eigenvalue weighted by Gasteiger charge is -2.14. The number of phenols is 4. The molecule has 5 aromatic rings. The van der Waals surface area contributed by atoms with Crippen LogP contribution in [0.1, 0.15) is 5.56 Å². The summed E-state index contributed by atoms with van der Waals surface area (Å²) in [6.07, 6.45) is 2.74. The summed E-state index contributed by atoms with van der Waals surface area (Å²) in [6, 6.07) is 14.1. The van der Waals surface area contributed by atoms with Crippen molar-refractivity contribution in [3.8, 4) is 45.8 Å². The standard InChI is InChI=1S/C24H17N3O7/c28-15-7-6-14(10-16(15)29)23-24(33-12-13-4-2-1-3-5-13)22(32)19-18(34-23)11-17(30)20(21(19)31)27-9-8-25-26-27/h1-11,28-31H,12H2. The number of benzene rings is 3. The second-order valence-corrected chi connectivity index (χ2v) is 7.38. The van der Waals surface area contributed by atoms with Crippen LogP contribution < -0.4 is 10.2 Å². The first-order valence-electron chi connectivity index (χ1n) is 10.1. The van der Waals surface area contributed by atoms with E-state index in [4.69, 9.17) is 9.15 Å². The Hall–Kier alpha value is -4.99.